The predicted molar refractivity (Wildman–Crippen MR) is 104 cm³/mol. The number of carbonyl (C=O) groups excluding carboxylic acids is 1. The molecule has 0 fully saturated rings. The fourth-order valence-corrected chi connectivity index (χ4v) is 3.68. The van der Waals surface area contributed by atoms with Crippen LogP contribution in [-0.4, -0.2) is 15.9 Å². The van der Waals surface area contributed by atoms with Crippen LogP contribution in [0.4, 0.5) is 13.9 Å². The van der Waals surface area contributed by atoms with Crippen molar-refractivity contribution >= 4 is 33.3 Å². The van der Waals surface area contributed by atoms with Crippen molar-refractivity contribution in [1.82, 2.24) is 9.97 Å². The van der Waals surface area contributed by atoms with E-state index in [-0.39, 0.29) is 12.0 Å². The quantitative estimate of drug-likeness (QED) is 0.544. The molecule has 0 atom stereocenters. The number of para-hydroxylation sites is 1. The van der Waals surface area contributed by atoms with Crippen LogP contribution < -0.4 is 10.9 Å². The second kappa shape index (κ2) is 7.32. The summed E-state index contributed by atoms with van der Waals surface area (Å²) in [5.74, 6) is -1.88. The fraction of sp³-hybridized carbons (Fsp3) is 0.0500. The summed E-state index contributed by atoms with van der Waals surface area (Å²) in [5, 5.41) is 3.63. The minimum Gasteiger partial charge on any atom is -0.321 e. The Morgan fingerprint density at radius 1 is 1.11 bits per heavy atom. The zero-order valence-electron chi connectivity index (χ0n) is 14.3. The number of carbonyl (C=O) groups is 1. The van der Waals surface area contributed by atoms with E-state index in [1.807, 2.05) is 6.07 Å². The number of H-pyrrole nitrogens is 1. The zero-order chi connectivity index (χ0) is 19.7. The summed E-state index contributed by atoms with van der Waals surface area (Å²) in [6.45, 7) is 0. The summed E-state index contributed by atoms with van der Waals surface area (Å²) in [7, 11) is 0. The van der Waals surface area contributed by atoms with Gasteiger partial charge in [0.15, 0.2) is 5.13 Å². The maximum Gasteiger partial charge on any atom is 0.263 e. The highest BCUT2D eigenvalue weighted by atomic mass is 32.1. The van der Waals surface area contributed by atoms with Crippen LogP contribution in [0, 0.1) is 11.6 Å². The van der Waals surface area contributed by atoms with Crippen molar-refractivity contribution in [2.45, 2.75) is 6.42 Å². The molecule has 5 nitrogen and oxygen atoms in total. The molecule has 0 radical (unpaired) electrons. The van der Waals surface area contributed by atoms with E-state index in [9.17, 15) is 18.4 Å². The summed E-state index contributed by atoms with van der Waals surface area (Å²) >= 11 is 1.17. The van der Waals surface area contributed by atoms with Gasteiger partial charge in [-0.2, -0.15) is 0 Å². The maximum atomic E-state index is 13.3. The van der Waals surface area contributed by atoms with Gasteiger partial charge in [-0.05, 0) is 35.2 Å². The Hall–Kier alpha value is -3.39. The number of hydrogen-bond donors (Lipinski definition) is 2. The molecule has 0 saturated heterocycles. The number of rotatable bonds is 4. The van der Waals surface area contributed by atoms with Gasteiger partial charge < -0.3 is 4.98 Å². The number of pyridine rings is 1. The van der Waals surface area contributed by atoms with Gasteiger partial charge in [0.25, 0.3) is 11.5 Å². The number of aromatic amines is 1. The van der Waals surface area contributed by atoms with E-state index in [1.54, 1.807) is 18.2 Å². The van der Waals surface area contributed by atoms with Gasteiger partial charge in [-0.3, -0.25) is 14.9 Å². The Kier molecular flexibility index (Phi) is 4.70. The summed E-state index contributed by atoms with van der Waals surface area (Å²) < 4.78 is 26.6. The monoisotopic (exact) mass is 397 g/mol. The fourth-order valence-electron chi connectivity index (χ4n) is 2.84. The Labute approximate surface area is 161 Å². The third-order valence-corrected chi connectivity index (χ3v) is 4.99. The molecule has 4 rings (SSSR count). The van der Waals surface area contributed by atoms with Crippen molar-refractivity contribution in [3.05, 3.63) is 92.7 Å². The van der Waals surface area contributed by atoms with E-state index in [0.717, 1.165) is 11.5 Å². The highest BCUT2D eigenvalue weighted by molar-refractivity contribution is 7.15. The summed E-state index contributed by atoms with van der Waals surface area (Å²) in [6.07, 6.45) is 1.80. The molecule has 1 amide bonds. The lowest BCUT2D eigenvalue weighted by atomic mass is 10.1. The highest BCUT2D eigenvalue weighted by Gasteiger charge is 2.14. The Morgan fingerprint density at radius 2 is 1.86 bits per heavy atom. The lowest BCUT2D eigenvalue weighted by molar-refractivity contribution is 0.102. The normalized spacial score (nSPS) is 10.9. The average Bonchev–Trinajstić information content (AvgIpc) is 3.06. The van der Waals surface area contributed by atoms with Gasteiger partial charge in [0, 0.05) is 29.1 Å². The second-order valence-corrected chi connectivity index (χ2v) is 7.25. The molecule has 28 heavy (non-hydrogen) atoms. The van der Waals surface area contributed by atoms with Crippen LogP contribution in [0.25, 0.3) is 10.9 Å². The minimum atomic E-state index is -0.649. The zero-order valence-corrected chi connectivity index (χ0v) is 15.1. The molecule has 2 N–H and O–H groups in total. The maximum absolute atomic E-state index is 13.3. The Balaban J connectivity index is 1.53. The molecule has 4 aromatic rings. The van der Waals surface area contributed by atoms with Crippen LogP contribution in [0.5, 0.6) is 0 Å². The Morgan fingerprint density at radius 3 is 2.64 bits per heavy atom. The number of fused-ring (bicyclic) bond motifs is 1. The Bertz CT molecular complexity index is 1230. The van der Waals surface area contributed by atoms with E-state index in [1.165, 1.54) is 35.7 Å². The summed E-state index contributed by atoms with van der Waals surface area (Å²) in [6, 6.07) is 12.0. The molecule has 0 bridgehead atoms. The van der Waals surface area contributed by atoms with Gasteiger partial charge in [0.2, 0.25) is 0 Å². The third-order valence-electron chi connectivity index (χ3n) is 4.07. The first-order chi connectivity index (χ1) is 13.5. The summed E-state index contributed by atoms with van der Waals surface area (Å²) in [5.41, 5.74) is 0.582. The first kappa shape index (κ1) is 18.0. The molecule has 0 unspecified atom stereocenters. The van der Waals surface area contributed by atoms with Gasteiger partial charge in [-0.1, -0.05) is 18.2 Å². The molecular formula is C20H13F2N3O2S. The van der Waals surface area contributed by atoms with E-state index in [4.69, 9.17) is 0 Å². The minimum absolute atomic E-state index is 0.0253. The van der Waals surface area contributed by atoms with Gasteiger partial charge >= 0.3 is 0 Å². The SMILES string of the molecule is O=C(Nc1ncc(Cc2cc(F)cc(F)c2)s1)c1cc2ccccc2[nH]c1=O. The van der Waals surface area contributed by atoms with E-state index in [0.29, 0.717) is 21.1 Å². The van der Waals surface area contributed by atoms with Gasteiger partial charge in [0.1, 0.15) is 17.2 Å². The molecular weight excluding hydrogens is 384 g/mol. The van der Waals surface area contributed by atoms with Crippen molar-refractivity contribution in [2.75, 3.05) is 5.32 Å². The number of halogens is 2. The van der Waals surface area contributed by atoms with Gasteiger partial charge in [0.05, 0.1) is 0 Å². The standard InChI is InChI=1S/C20H13F2N3O2S/c21-13-5-11(6-14(22)9-13)7-15-10-23-20(28-15)25-19(27)16-8-12-3-1-2-4-17(12)24-18(16)26/h1-6,8-10H,7H2,(H,24,26)(H,23,25,27). The number of benzene rings is 2. The molecule has 0 saturated carbocycles. The van der Waals surface area contributed by atoms with Crippen LogP contribution in [0.1, 0.15) is 20.8 Å². The number of aromatic nitrogens is 2. The van der Waals surface area contributed by atoms with Crippen molar-refractivity contribution in [1.29, 1.82) is 0 Å². The largest absolute Gasteiger partial charge is 0.321 e. The van der Waals surface area contributed by atoms with Crippen molar-refractivity contribution in [2.24, 2.45) is 0 Å². The molecule has 140 valence electrons. The van der Waals surface area contributed by atoms with Gasteiger partial charge in [-0.25, -0.2) is 13.8 Å². The molecule has 8 heteroatoms. The summed E-state index contributed by atoms with van der Waals surface area (Å²) in [4.78, 5) is 32.1. The van der Waals surface area contributed by atoms with Crippen molar-refractivity contribution in [3.63, 3.8) is 0 Å². The molecule has 0 aliphatic carbocycles. The molecule has 0 aliphatic heterocycles. The van der Waals surface area contributed by atoms with Crippen LogP contribution in [0.15, 0.2) is 59.5 Å². The second-order valence-electron chi connectivity index (χ2n) is 6.14. The topological polar surface area (TPSA) is 74.8 Å². The highest BCUT2D eigenvalue weighted by Crippen LogP contribution is 2.22. The van der Waals surface area contributed by atoms with E-state index in [2.05, 4.69) is 15.3 Å². The first-order valence-corrected chi connectivity index (χ1v) is 9.13. The van der Waals surface area contributed by atoms with Gasteiger partial charge in [-0.15, -0.1) is 11.3 Å². The van der Waals surface area contributed by atoms with Crippen molar-refractivity contribution in [3.8, 4) is 0 Å². The van der Waals surface area contributed by atoms with Crippen molar-refractivity contribution < 1.29 is 13.6 Å². The number of nitrogens with one attached hydrogen (secondary N) is 2. The third kappa shape index (κ3) is 3.81. The van der Waals surface area contributed by atoms with Crippen LogP contribution in [-0.2, 0) is 6.42 Å². The molecule has 0 spiro atoms. The molecule has 0 aliphatic rings. The van der Waals surface area contributed by atoms with E-state index < -0.39 is 23.1 Å². The number of anilines is 1. The van der Waals surface area contributed by atoms with E-state index >= 15 is 0 Å². The van der Waals surface area contributed by atoms with Crippen LogP contribution in [0.2, 0.25) is 0 Å². The number of nitrogens with zero attached hydrogens (tertiary/aromatic N) is 1. The molecule has 2 heterocycles. The lowest BCUT2D eigenvalue weighted by Crippen LogP contribution is -2.22. The molecule has 2 aromatic carbocycles. The number of thiazole rings is 1. The average molecular weight is 397 g/mol. The number of hydrogen-bond acceptors (Lipinski definition) is 4. The molecule has 2 aromatic heterocycles. The van der Waals surface area contributed by atoms with Crippen LogP contribution >= 0.6 is 11.3 Å². The smallest absolute Gasteiger partial charge is 0.263 e. The lowest BCUT2D eigenvalue weighted by Gasteiger charge is -2.03. The van der Waals surface area contributed by atoms with Crippen LogP contribution in [0.3, 0.4) is 0 Å². The predicted octanol–water partition coefficient (Wildman–Crippen LogP) is 4.11. The first-order valence-electron chi connectivity index (χ1n) is 8.31. The number of amides is 1.